The van der Waals surface area contributed by atoms with E-state index in [9.17, 15) is 14.8 Å². The molecule has 3 heterocycles. The number of hydrogen-bond donors (Lipinski definition) is 3. The van der Waals surface area contributed by atoms with Gasteiger partial charge in [-0.1, -0.05) is 6.07 Å². The maximum absolute atomic E-state index is 14.2. The number of piperidine rings is 1. The van der Waals surface area contributed by atoms with E-state index >= 15 is 0 Å². The molecule has 12 heteroatoms. The molecule has 1 aromatic heterocycles. The molecule has 0 radical (unpaired) electrons. The molecule has 0 unspecified atom stereocenters. The number of ether oxygens (including phenoxy) is 1. The summed E-state index contributed by atoms with van der Waals surface area (Å²) in [6.07, 6.45) is 4.00. The maximum Gasteiger partial charge on any atom is 0.229 e. The molecule has 10 nitrogen and oxygen atoms in total. The Morgan fingerprint density at radius 3 is 2.48 bits per heavy atom. The molecule has 0 bridgehead atoms. The van der Waals surface area contributed by atoms with Crippen molar-refractivity contribution in [3.8, 4) is 11.8 Å². The lowest BCUT2D eigenvalue weighted by Gasteiger charge is -2.43. The maximum atomic E-state index is 14.2. The average Bonchev–Trinajstić information content (AvgIpc) is 2.99. The molecule has 2 aliphatic rings. The van der Waals surface area contributed by atoms with Crippen LogP contribution in [0.15, 0.2) is 41.0 Å². The third-order valence-electron chi connectivity index (χ3n) is 8.41. The molecule has 0 saturated carbocycles. The van der Waals surface area contributed by atoms with Crippen LogP contribution in [0.4, 0.5) is 33.2 Å². The van der Waals surface area contributed by atoms with E-state index in [0.717, 1.165) is 63.4 Å². The molecule has 0 aliphatic carbocycles. The zero-order valence-electron chi connectivity index (χ0n) is 25.7. The van der Waals surface area contributed by atoms with Crippen LogP contribution < -0.4 is 20.3 Å². The van der Waals surface area contributed by atoms with Gasteiger partial charge in [0.2, 0.25) is 5.95 Å². The second kappa shape index (κ2) is 13.6. The lowest BCUT2D eigenvalue weighted by atomic mass is 9.96. The highest BCUT2D eigenvalue weighted by Crippen LogP contribution is 2.38. The van der Waals surface area contributed by atoms with Gasteiger partial charge >= 0.3 is 0 Å². The highest BCUT2D eigenvalue weighted by molar-refractivity contribution is 9.10. The first-order valence-electron chi connectivity index (χ1n) is 14.9. The molecule has 2 fully saturated rings. The quantitative estimate of drug-likeness (QED) is 0.275. The predicted octanol–water partition coefficient (Wildman–Crippen LogP) is 5.38. The van der Waals surface area contributed by atoms with Gasteiger partial charge in [0.05, 0.1) is 35.4 Å². The number of piperazine rings is 1. The van der Waals surface area contributed by atoms with Gasteiger partial charge in [-0.05, 0) is 73.4 Å². The fraction of sp³-hybridized carbons (Fsp3) is 0.469. The first-order valence-corrected chi connectivity index (χ1v) is 15.7. The number of nitrogens with zero attached hydrogens (tertiary/aromatic N) is 6. The summed E-state index contributed by atoms with van der Waals surface area (Å²) in [6.45, 7) is 9.58. The van der Waals surface area contributed by atoms with Crippen LogP contribution in [0.5, 0.6) is 5.75 Å². The fourth-order valence-corrected chi connectivity index (χ4v) is 6.27. The van der Waals surface area contributed by atoms with Gasteiger partial charge in [0.25, 0.3) is 0 Å². The molecule has 3 aromatic rings. The van der Waals surface area contributed by atoms with Crippen molar-refractivity contribution in [2.75, 3.05) is 69.0 Å². The third-order valence-corrected chi connectivity index (χ3v) is 8.99. The predicted molar refractivity (Wildman–Crippen MR) is 175 cm³/mol. The van der Waals surface area contributed by atoms with E-state index in [0.29, 0.717) is 39.0 Å². The highest BCUT2D eigenvalue weighted by Gasteiger charge is 2.28. The van der Waals surface area contributed by atoms with Crippen molar-refractivity contribution in [3.05, 3.63) is 57.9 Å². The van der Waals surface area contributed by atoms with Crippen LogP contribution in [0.3, 0.4) is 0 Å². The van der Waals surface area contributed by atoms with Gasteiger partial charge in [-0.3, -0.25) is 4.90 Å². The first kappa shape index (κ1) is 31.9. The van der Waals surface area contributed by atoms with Crippen molar-refractivity contribution < 1.29 is 14.2 Å². The van der Waals surface area contributed by atoms with Crippen molar-refractivity contribution in [1.29, 1.82) is 5.26 Å². The van der Waals surface area contributed by atoms with Gasteiger partial charge < -0.3 is 30.3 Å². The lowest BCUT2D eigenvalue weighted by molar-refractivity contribution is 0.0793. The molecule has 2 aliphatic heterocycles. The summed E-state index contributed by atoms with van der Waals surface area (Å²) in [5.41, 5.74) is 2.24. The highest BCUT2D eigenvalue weighted by atomic mass is 79.9. The van der Waals surface area contributed by atoms with Gasteiger partial charge in [-0.2, -0.15) is 10.2 Å². The number of anilines is 5. The largest absolute Gasteiger partial charge is 0.494 e. The summed E-state index contributed by atoms with van der Waals surface area (Å²) in [4.78, 5) is 16.4. The van der Waals surface area contributed by atoms with Crippen LogP contribution in [0.25, 0.3) is 0 Å². The topological polar surface area (TPSA) is 113 Å². The Balaban J connectivity index is 1.36. The summed E-state index contributed by atoms with van der Waals surface area (Å²) in [5.74, 6) is 0.828. The molecule has 0 spiro atoms. The molecular weight excluding hydrogens is 627 g/mol. The second-order valence-electron chi connectivity index (χ2n) is 12.0. The van der Waals surface area contributed by atoms with Gasteiger partial charge in [-0.25, -0.2) is 9.37 Å². The van der Waals surface area contributed by atoms with Crippen molar-refractivity contribution in [2.45, 2.75) is 44.8 Å². The fourth-order valence-electron chi connectivity index (χ4n) is 5.98. The Morgan fingerprint density at radius 2 is 1.82 bits per heavy atom. The molecular formula is C32H40BrFN8O2. The number of aliphatic hydroxyl groups is 1. The van der Waals surface area contributed by atoms with Crippen molar-refractivity contribution in [1.82, 2.24) is 19.8 Å². The summed E-state index contributed by atoms with van der Waals surface area (Å²) in [6, 6.07) is 11.0. The van der Waals surface area contributed by atoms with Gasteiger partial charge in [-0.15, -0.1) is 0 Å². The Hall–Kier alpha value is -3.50. The van der Waals surface area contributed by atoms with Crippen molar-refractivity contribution in [3.63, 3.8) is 0 Å². The summed E-state index contributed by atoms with van der Waals surface area (Å²) >= 11 is 3.47. The van der Waals surface area contributed by atoms with Crippen LogP contribution in [0.2, 0.25) is 0 Å². The van der Waals surface area contributed by atoms with E-state index in [4.69, 9.17) is 4.74 Å². The number of hydrogen-bond acceptors (Lipinski definition) is 10. The van der Waals surface area contributed by atoms with E-state index < -0.39 is 11.4 Å². The van der Waals surface area contributed by atoms with Crippen LogP contribution in [-0.2, 0) is 12.0 Å². The summed E-state index contributed by atoms with van der Waals surface area (Å²) in [5, 5.41) is 26.7. The molecule has 234 valence electrons. The van der Waals surface area contributed by atoms with Gasteiger partial charge in [0, 0.05) is 74.5 Å². The second-order valence-corrected chi connectivity index (χ2v) is 12.8. The smallest absolute Gasteiger partial charge is 0.229 e. The minimum absolute atomic E-state index is 0.250. The van der Waals surface area contributed by atoms with E-state index in [2.05, 4.69) is 64.3 Å². The Kier molecular flexibility index (Phi) is 9.90. The number of halogens is 2. The SMILES string of the molecule is COc1cc(N2CCC(N3CCN(C)CC3)CC2)c(CC#N)cc1Nc1ncc(Br)c(Nc2cc(F)ccc2C(C)(C)O)n1. The molecule has 3 N–H and O–H groups in total. The van der Waals surface area contributed by atoms with Gasteiger partial charge in [0.1, 0.15) is 17.4 Å². The van der Waals surface area contributed by atoms with E-state index in [-0.39, 0.29) is 12.4 Å². The summed E-state index contributed by atoms with van der Waals surface area (Å²) < 4.78 is 20.5. The Labute approximate surface area is 267 Å². The number of aromatic nitrogens is 2. The number of rotatable bonds is 9. The van der Waals surface area contributed by atoms with Crippen LogP contribution in [0, 0.1) is 17.1 Å². The monoisotopic (exact) mass is 666 g/mol. The van der Waals surface area contributed by atoms with E-state index in [1.807, 2.05) is 12.1 Å². The molecule has 0 amide bonds. The van der Waals surface area contributed by atoms with Gasteiger partial charge in [0.15, 0.2) is 0 Å². The number of likely N-dealkylation sites (N-methyl/N-ethyl adjacent to an activating group) is 1. The minimum atomic E-state index is -1.21. The third kappa shape index (κ3) is 7.41. The summed E-state index contributed by atoms with van der Waals surface area (Å²) in [7, 11) is 3.80. The Bertz CT molecular complexity index is 1510. The zero-order chi connectivity index (χ0) is 31.4. The molecule has 5 rings (SSSR count). The zero-order valence-corrected chi connectivity index (χ0v) is 27.3. The van der Waals surface area contributed by atoms with Crippen molar-refractivity contribution in [2.24, 2.45) is 0 Å². The molecule has 44 heavy (non-hydrogen) atoms. The molecule has 0 atom stereocenters. The molecule has 2 aromatic carbocycles. The first-order chi connectivity index (χ1) is 21.0. The van der Waals surface area contributed by atoms with E-state index in [1.165, 1.54) is 12.1 Å². The number of benzene rings is 2. The average molecular weight is 668 g/mol. The number of methoxy groups -OCH3 is 1. The van der Waals surface area contributed by atoms with Crippen molar-refractivity contribution >= 4 is 44.8 Å². The standard InChI is InChI=1S/C32H40BrFN8O2/c1-32(2,43)24-6-5-22(34)18-26(24)37-30-25(33)20-36-31(39-30)38-27-17-21(7-10-35)28(19-29(27)44-4)42-11-8-23(9-12-42)41-15-13-40(3)14-16-41/h5-6,17-20,23,43H,7-9,11-16H2,1-4H3,(H2,36,37,38,39). The molecule has 2 saturated heterocycles. The Morgan fingerprint density at radius 1 is 1.09 bits per heavy atom. The van der Waals surface area contributed by atoms with Crippen LogP contribution >= 0.6 is 15.9 Å². The number of nitrogens with one attached hydrogen (secondary N) is 2. The minimum Gasteiger partial charge on any atom is -0.494 e. The lowest BCUT2D eigenvalue weighted by Crippen LogP contribution is -2.52. The number of nitriles is 1. The van der Waals surface area contributed by atoms with Crippen LogP contribution in [-0.4, -0.2) is 84.3 Å². The van der Waals surface area contributed by atoms with Crippen LogP contribution in [0.1, 0.15) is 37.8 Å². The van der Waals surface area contributed by atoms with E-state index in [1.54, 1.807) is 33.2 Å². The normalized spacial score (nSPS) is 16.9.